The van der Waals surface area contributed by atoms with Crippen LogP contribution in [-0.4, -0.2) is 6.71 Å². The molecule has 64 heavy (non-hydrogen) atoms. The highest BCUT2D eigenvalue weighted by atomic mass is 15.2. The molecular formula is C60H42BN3. The van der Waals surface area contributed by atoms with Gasteiger partial charge in [-0.25, -0.2) is 0 Å². The summed E-state index contributed by atoms with van der Waals surface area (Å²) in [7, 11) is 0. The Morgan fingerprint density at radius 1 is 0.266 bits per heavy atom. The van der Waals surface area contributed by atoms with Gasteiger partial charge in [0.1, 0.15) is 0 Å². The molecule has 0 saturated carbocycles. The van der Waals surface area contributed by atoms with Gasteiger partial charge in [-0.3, -0.25) is 0 Å². The monoisotopic (exact) mass is 815 g/mol. The van der Waals surface area contributed by atoms with Crippen LogP contribution < -0.4 is 31.1 Å². The molecule has 0 radical (unpaired) electrons. The molecule has 12 rings (SSSR count). The van der Waals surface area contributed by atoms with E-state index in [0.29, 0.717) is 0 Å². The Morgan fingerprint density at radius 2 is 0.703 bits per heavy atom. The normalized spacial score (nSPS) is 12.3. The van der Waals surface area contributed by atoms with Crippen molar-refractivity contribution in [2.45, 2.75) is 0 Å². The molecule has 3 nitrogen and oxygen atoms in total. The van der Waals surface area contributed by atoms with E-state index in [1.54, 1.807) is 0 Å². The Bertz CT molecular complexity index is 3170. The van der Waals surface area contributed by atoms with Crippen molar-refractivity contribution in [1.82, 2.24) is 0 Å². The molecule has 0 atom stereocenters. The van der Waals surface area contributed by atoms with Crippen molar-refractivity contribution < 1.29 is 0 Å². The number of nitrogens with zero attached hydrogens (tertiary/aromatic N) is 3. The fraction of sp³-hybridized carbons (Fsp3) is 0. The zero-order valence-corrected chi connectivity index (χ0v) is 35.2. The average Bonchev–Trinajstić information content (AvgIpc) is 3.37. The number of benzene rings is 10. The SMILES string of the molecule is c1ccc(-c2cc(-c3ccccc3)cc(N3c4ccccc4B4c5ccc(-c6ccccc6)cc5N(c5ccccc5)c5cc(N(c6ccccc6)c6ccccc6)cc3c54)c2)cc1. The minimum atomic E-state index is -0.0286. The van der Waals surface area contributed by atoms with Gasteiger partial charge in [-0.15, -0.1) is 0 Å². The van der Waals surface area contributed by atoms with Gasteiger partial charge >= 0.3 is 0 Å². The quantitative estimate of drug-likeness (QED) is 0.142. The molecule has 0 aliphatic carbocycles. The molecule has 10 aromatic rings. The first-order valence-electron chi connectivity index (χ1n) is 22.0. The van der Waals surface area contributed by atoms with E-state index in [1.165, 1.54) is 61.1 Å². The molecule has 2 aliphatic rings. The lowest BCUT2D eigenvalue weighted by atomic mass is 9.33. The largest absolute Gasteiger partial charge is 0.311 e. The van der Waals surface area contributed by atoms with E-state index in [9.17, 15) is 0 Å². The van der Waals surface area contributed by atoms with E-state index in [2.05, 4.69) is 269 Å². The van der Waals surface area contributed by atoms with Gasteiger partial charge in [0, 0.05) is 45.5 Å². The minimum Gasteiger partial charge on any atom is -0.311 e. The Hall–Kier alpha value is -8.34. The number of anilines is 9. The lowest BCUT2D eigenvalue weighted by molar-refractivity contribution is 1.23. The van der Waals surface area contributed by atoms with Gasteiger partial charge in [-0.2, -0.15) is 0 Å². The summed E-state index contributed by atoms with van der Waals surface area (Å²) in [4.78, 5) is 7.45. The van der Waals surface area contributed by atoms with Gasteiger partial charge in [0.25, 0.3) is 6.71 Å². The molecule has 10 aromatic carbocycles. The molecule has 4 heteroatoms. The Morgan fingerprint density at radius 3 is 1.25 bits per heavy atom. The third kappa shape index (κ3) is 6.47. The molecule has 0 aromatic heterocycles. The van der Waals surface area contributed by atoms with Crippen LogP contribution in [0.4, 0.5) is 51.2 Å². The maximum atomic E-state index is 2.54. The standard InChI is InChI=1S/C60H42BN3/c1-7-21-43(22-8-1)46-35-36-55-57(40-46)63(51-31-17-6-18-32-51)58-41-53(62(49-27-13-4-14-28-49)50-29-15-5-16-30-50)42-59-60(58)61(55)54-33-19-20-34-56(54)64(59)52-38-47(44-23-9-2-10-24-44)37-48(39-52)45-25-11-3-12-26-45/h1-42H. The first-order chi connectivity index (χ1) is 31.8. The Balaban J connectivity index is 1.19. The lowest BCUT2D eigenvalue weighted by Crippen LogP contribution is -2.61. The number of rotatable bonds is 8. The van der Waals surface area contributed by atoms with Crippen LogP contribution in [-0.2, 0) is 0 Å². The number of para-hydroxylation sites is 4. The van der Waals surface area contributed by atoms with Crippen molar-refractivity contribution in [1.29, 1.82) is 0 Å². The third-order valence-electron chi connectivity index (χ3n) is 12.8. The summed E-state index contributed by atoms with van der Waals surface area (Å²) in [5.74, 6) is 0. The zero-order chi connectivity index (χ0) is 42.4. The van der Waals surface area contributed by atoms with Gasteiger partial charge < -0.3 is 14.7 Å². The summed E-state index contributed by atoms with van der Waals surface area (Å²) >= 11 is 0. The first-order valence-corrected chi connectivity index (χ1v) is 22.0. The number of hydrogen-bond donors (Lipinski definition) is 0. The van der Waals surface area contributed by atoms with Crippen molar-refractivity contribution in [3.63, 3.8) is 0 Å². The summed E-state index contributed by atoms with van der Waals surface area (Å²) < 4.78 is 0. The van der Waals surface area contributed by atoms with Crippen LogP contribution in [0.1, 0.15) is 0 Å². The number of hydrogen-bond acceptors (Lipinski definition) is 3. The molecular weight excluding hydrogens is 773 g/mol. The summed E-state index contributed by atoms with van der Waals surface area (Å²) in [6, 6.07) is 92.9. The predicted molar refractivity (Wildman–Crippen MR) is 271 cm³/mol. The molecule has 0 N–H and O–H groups in total. The minimum absolute atomic E-state index is 0.0286. The highest BCUT2D eigenvalue weighted by Gasteiger charge is 2.44. The summed E-state index contributed by atoms with van der Waals surface area (Å²) in [5.41, 5.74) is 21.0. The van der Waals surface area contributed by atoms with Crippen LogP contribution >= 0.6 is 0 Å². The molecule has 0 amide bonds. The smallest absolute Gasteiger partial charge is 0.252 e. The fourth-order valence-corrected chi connectivity index (χ4v) is 9.94. The zero-order valence-electron chi connectivity index (χ0n) is 35.2. The average molecular weight is 816 g/mol. The highest BCUT2D eigenvalue weighted by Crippen LogP contribution is 2.49. The van der Waals surface area contributed by atoms with E-state index >= 15 is 0 Å². The van der Waals surface area contributed by atoms with Gasteiger partial charge in [-0.1, -0.05) is 176 Å². The summed E-state index contributed by atoms with van der Waals surface area (Å²) in [6.45, 7) is -0.0286. The van der Waals surface area contributed by atoms with E-state index < -0.39 is 0 Å². The van der Waals surface area contributed by atoms with Crippen molar-refractivity contribution in [3.05, 3.63) is 255 Å². The van der Waals surface area contributed by atoms with Crippen molar-refractivity contribution in [2.75, 3.05) is 14.7 Å². The van der Waals surface area contributed by atoms with Crippen LogP contribution in [0.5, 0.6) is 0 Å². The van der Waals surface area contributed by atoms with Crippen LogP contribution in [0.15, 0.2) is 255 Å². The van der Waals surface area contributed by atoms with E-state index in [4.69, 9.17) is 0 Å². The van der Waals surface area contributed by atoms with Gasteiger partial charge in [0.05, 0.1) is 5.69 Å². The Labute approximate surface area is 375 Å². The fourth-order valence-electron chi connectivity index (χ4n) is 9.94. The molecule has 0 saturated heterocycles. The van der Waals surface area contributed by atoms with Crippen LogP contribution in [0.2, 0.25) is 0 Å². The van der Waals surface area contributed by atoms with E-state index in [0.717, 1.165) is 39.8 Å². The topological polar surface area (TPSA) is 9.72 Å². The highest BCUT2D eigenvalue weighted by molar-refractivity contribution is 7.00. The molecule has 2 heterocycles. The predicted octanol–water partition coefficient (Wildman–Crippen LogP) is 14.2. The molecule has 2 aliphatic heterocycles. The van der Waals surface area contributed by atoms with Gasteiger partial charge in [0.15, 0.2) is 0 Å². The molecule has 0 unspecified atom stereocenters. The van der Waals surface area contributed by atoms with Crippen LogP contribution in [0.25, 0.3) is 33.4 Å². The van der Waals surface area contributed by atoms with Gasteiger partial charge in [0.2, 0.25) is 0 Å². The van der Waals surface area contributed by atoms with Crippen molar-refractivity contribution in [2.24, 2.45) is 0 Å². The third-order valence-corrected chi connectivity index (χ3v) is 12.8. The van der Waals surface area contributed by atoms with Crippen LogP contribution in [0, 0.1) is 0 Å². The van der Waals surface area contributed by atoms with Gasteiger partial charge in [-0.05, 0) is 129 Å². The maximum absolute atomic E-state index is 2.54. The Kier molecular flexibility index (Phi) is 9.27. The molecule has 0 spiro atoms. The summed E-state index contributed by atoms with van der Waals surface area (Å²) in [6.07, 6.45) is 0. The molecule has 0 fully saturated rings. The first kappa shape index (κ1) is 37.4. The summed E-state index contributed by atoms with van der Waals surface area (Å²) in [5, 5.41) is 0. The second kappa shape index (κ2) is 15.8. The van der Waals surface area contributed by atoms with Crippen LogP contribution in [0.3, 0.4) is 0 Å². The van der Waals surface area contributed by atoms with Crippen molar-refractivity contribution >= 4 is 74.3 Å². The van der Waals surface area contributed by atoms with E-state index in [-0.39, 0.29) is 6.71 Å². The van der Waals surface area contributed by atoms with Crippen molar-refractivity contribution in [3.8, 4) is 33.4 Å². The molecule has 300 valence electrons. The van der Waals surface area contributed by atoms with E-state index in [1.807, 2.05) is 0 Å². The second-order valence-electron chi connectivity index (χ2n) is 16.5. The lowest BCUT2D eigenvalue weighted by Gasteiger charge is -2.45. The second-order valence-corrected chi connectivity index (χ2v) is 16.5. The maximum Gasteiger partial charge on any atom is 0.252 e. The number of fused-ring (bicyclic) bond motifs is 4. The molecule has 0 bridgehead atoms.